The number of thiazole rings is 1. The lowest BCUT2D eigenvalue weighted by molar-refractivity contribution is 0.0943. The van der Waals surface area contributed by atoms with Crippen molar-refractivity contribution < 1.29 is 4.79 Å². The van der Waals surface area contributed by atoms with Gasteiger partial charge in [-0.1, -0.05) is 0 Å². The Morgan fingerprint density at radius 2 is 2.64 bits per heavy atom. The number of rotatable bonds is 2. The first-order chi connectivity index (χ1) is 6.77. The summed E-state index contributed by atoms with van der Waals surface area (Å²) in [5.74, 6) is 0.0127. The maximum Gasteiger partial charge on any atom is 0.263 e. The molecule has 1 aromatic rings. The molecule has 2 N–H and O–H groups in total. The van der Waals surface area contributed by atoms with Crippen LogP contribution in [0.3, 0.4) is 0 Å². The van der Waals surface area contributed by atoms with Gasteiger partial charge in [0.1, 0.15) is 4.88 Å². The lowest BCUT2D eigenvalue weighted by atomic mass is 10.2. The summed E-state index contributed by atoms with van der Waals surface area (Å²) in [6.45, 7) is 3.73. The minimum absolute atomic E-state index is 0.0127. The highest BCUT2D eigenvalue weighted by atomic mass is 32.1. The van der Waals surface area contributed by atoms with Crippen LogP contribution in [-0.2, 0) is 0 Å². The van der Waals surface area contributed by atoms with Gasteiger partial charge in [-0.15, -0.1) is 11.3 Å². The van der Waals surface area contributed by atoms with Crippen molar-refractivity contribution in [1.82, 2.24) is 15.6 Å². The number of aromatic nitrogens is 1. The Balaban J connectivity index is 1.98. The van der Waals surface area contributed by atoms with E-state index < -0.39 is 0 Å². The normalized spacial score (nSPS) is 21.1. The van der Waals surface area contributed by atoms with Crippen molar-refractivity contribution >= 4 is 17.2 Å². The third-order valence-electron chi connectivity index (χ3n) is 2.35. The molecule has 1 aromatic heterocycles. The molecule has 0 bridgehead atoms. The maximum absolute atomic E-state index is 11.7. The summed E-state index contributed by atoms with van der Waals surface area (Å²) < 4.78 is 0. The molecule has 1 fully saturated rings. The number of aryl methyl sites for hydroxylation is 1. The van der Waals surface area contributed by atoms with Crippen LogP contribution in [0.2, 0.25) is 0 Å². The third-order valence-corrected chi connectivity index (χ3v) is 3.27. The third kappa shape index (κ3) is 1.93. The van der Waals surface area contributed by atoms with E-state index in [2.05, 4.69) is 15.6 Å². The van der Waals surface area contributed by atoms with Crippen LogP contribution in [0, 0.1) is 6.92 Å². The largest absolute Gasteiger partial charge is 0.347 e. The molecule has 0 saturated carbocycles. The van der Waals surface area contributed by atoms with Gasteiger partial charge in [-0.05, 0) is 19.9 Å². The van der Waals surface area contributed by atoms with Crippen LogP contribution in [0.15, 0.2) is 5.51 Å². The monoisotopic (exact) mass is 211 g/mol. The van der Waals surface area contributed by atoms with Crippen molar-refractivity contribution in [3.05, 3.63) is 16.1 Å². The van der Waals surface area contributed by atoms with Gasteiger partial charge in [-0.25, -0.2) is 4.98 Å². The zero-order chi connectivity index (χ0) is 9.97. The number of nitrogens with zero attached hydrogens (tertiary/aromatic N) is 1. The summed E-state index contributed by atoms with van der Waals surface area (Å²) in [6, 6.07) is 0.281. The first-order valence-corrected chi connectivity index (χ1v) is 5.57. The fourth-order valence-electron chi connectivity index (χ4n) is 1.55. The molecule has 0 radical (unpaired) electrons. The predicted molar refractivity (Wildman–Crippen MR) is 55.6 cm³/mol. The Hall–Kier alpha value is -0.940. The molecule has 1 aliphatic heterocycles. The molecule has 76 valence electrons. The molecule has 1 amide bonds. The Morgan fingerprint density at radius 1 is 1.79 bits per heavy atom. The minimum Gasteiger partial charge on any atom is -0.347 e. The molecule has 5 heteroatoms. The zero-order valence-electron chi connectivity index (χ0n) is 8.04. The highest BCUT2D eigenvalue weighted by molar-refractivity contribution is 7.11. The van der Waals surface area contributed by atoms with Gasteiger partial charge in [0.25, 0.3) is 5.91 Å². The van der Waals surface area contributed by atoms with Gasteiger partial charge in [-0.2, -0.15) is 0 Å². The molecule has 1 unspecified atom stereocenters. The number of carbonyl (C=O) groups is 1. The van der Waals surface area contributed by atoms with E-state index in [1.165, 1.54) is 11.3 Å². The van der Waals surface area contributed by atoms with Crippen LogP contribution in [0.25, 0.3) is 0 Å². The highest BCUT2D eigenvalue weighted by Gasteiger charge is 2.19. The molecule has 2 heterocycles. The summed E-state index contributed by atoms with van der Waals surface area (Å²) in [5.41, 5.74) is 2.52. The van der Waals surface area contributed by atoms with Crippen molar-refractivity contribution in [1.29, 1.82) is 0 Å². The highest BCUT2D eigenvalue weighted by Crippen LogP contribution is 2.12. The quantitative estimate of drug-likeness (QED) is 0.751. The number of hydrogen-bond acceptors (Lipinski definition) is 4. The second kappa shape index (κ2) is 4.06. The van der Waals surface area contributed by atoms with Crippen molar-refractivity contribution in [3.63, 3.8) is 0 Å². The molecule has 1 aliphatic rings. The Kier molecular flexibility index (Phi) is 2.79. The van der Waals surface area contributed by atoms with Gasteiger partial charge in [-0.3, -0.25) is 4.79 Å². The van der Waals surface area contributed by atoms with Crippen molar-refractivity contribution in [2.45, 2.75) is 19.4 Å². The SMILES string of the molecule is Cc1ncsc1C(=O)NC1CCNC1. The fraction of sp³-hybridized carbons (Fsp3) is 0.556. The molecular weight excluding hydrogens is 198 g/mol. The van der Waals surface area contributed by atoms with E-state index in [9.17, 15) is 4.79 Å². The summed E-state index contributed by atoms with van der Waals surface area (Å²) in [5, 5.41) is 6.20. The van der Waals surface area contributed by atoms with E-state index in [-0.39, 0.29) is 11.9 Å². The van der Waals surface area contributed by atoms with Crippen LogP contribution in [0.5, 0.6) is 0 Å². The predicted octanol–water partition coefficient (Wildman–Crippen LogP) is 0.543. The average Bonchev–Trinajstić information content (AvgIpc) is 2.75. The summed E-state index contributed by atoms with van der Waals surface area (Å²) in [4.78, 5) is 16.5. The molecular formula is C9H13N3OS. The van der Waals surface area contributed by atoms with Gasteiger partial charge in [0.2, 0.25) is 0 Å². The fourth-order valence-corrected chi connectivity index (χ4v) is 2.25. The second-order valence-corrected chi connectivity index (χ2v) is 4.28. The molecule has 14 heavy (non-hydrogen) atoms. The van der Waals surface area contributed by atoms with Gasteiger partial charge in [0, 0.05) is 12.6 Å². The lowest BCUT2D eigenvalue weighted by Crippen LogP contribution is -2.36. The Labute approximate surface area is 86.7 Å². The van der Waals surface area contributed by atoms with Gasteiger partial charge < -0.3 is 10.6 Å². The van der Waals surface area contributed by atoms with Crippen LogP contribution < -0.4 is 10.6 Å². The number of nitrogens with one attached hydrogen (secondary N) is 2. The second-order valence-electron chi connectivity index (χ2n) is 3.43. The van der Waals surface area contributed by atoms with Crippen LogP contribution in [0.4, 0.5) is 0 Å². The summed E-state index contributed by atoms with van der Waals surface area (Å²) in [7, 11) is 0. The summed E-state index contributed by atoms with van der Waals surface area (Å²) >= 11 is 1.40. The Bertz CT molecular complexity index is 331. The molecule has 1 atom stereocenters. The van der Waals surface area contributed by atoms with Gasteiger partial charge >= 0.3 is 0 Å². The summed E-state index contributed by atoms with van der Waals surface area (Å²) in [6.07, 6.45) is 1.02. The number of hydrogen-bond donors (Lipinski definition) is 2. The molecule has 4 nitrogen and oxygen atoms in total. The van der Waals surface area contributed by atoms with Gasteiger partial charge in [0.05, 0.1) is 11.2 Å². The van der Waals surface area contributed by atoms with Crippen LogP contribution in [-0.4, -0.2) is 30.0 Å². The van der Waals surface area contributed by atoms with E-state index in [0.717, 1.165) is 30.1 Å². The van der Waals surface area contributed by atoms with E-state index in [0.29, 0.717) is 0 Å². The standard InChI is InChI=1S/C9H13N3OS/c1-6-8(14-5-11-6)9(13)12-7-2-3-10-4-7/h5,7,10H,2-4H2,1H3,(H,12,13). The smallest absolute Gasteiger partial charge is 0.263 e. The van der Waals surface area contributed by atoms with E-state index in [1.54, 1.807) is 5.51 Å². The molecule has 0 aliphatic carbocycles. The van der Waals surface area contributed by atoms with Crippen molar-refractivity contribution in [3.8, 4) is 0 Å². The van der Waals surface area contributed by atoms with Crippen LogP contribution >= 0.6 is 11.3 Å². The van der Waals surface area contributed by atoms with Crippen LogP contribution in [0.1, 0.15) is 21.8 Å². The minimum atomic E-state index is 0.0127. The first-order valence-electron chi connectivity index (χ1n) is 4.69. The van der Waals surface area contributed by atoms with Gasteiger partial charge in [0.15, 0.2) is 0 Å². The van der Waals surface area contributed by atoms with E-state index >= 15 is 0 Å². The average molecular weight is 211 g/mol. The number of amides is 1. The molecule has 0 aromatic carbocycles. The Morgan fingerprint density at radius 3 is 3.21 bits per heavy atom. The van der Waals surface area contributed by atoms with Crippen molar-refractivity contribution in [2.75, 3.05) is 13.1 Å². The molecule has 0 spiro atoms. The lowest BCUT2D eigenvalue weighted by Gasteiger charge is -2.09. The molecule has 2 rings (SSSR count). The zero-order valence-corrected chi connectivity index (χ0v) is 8.86. The van der Waals surface area contributed by atoms with Crippen molar-refractivity contribution in [2.24, 2.45) is 0 Å². The van der Waals surface area contributed by atoms with E-state index in [1.807, 2.05) is 6.92 Å². The maximum atomic E-state index is 11.7. The number of carbonyl (C=O) groups excluding carboxylic acids is 1. The van der Waals surface area contributed by atoms with E-state index in [4.69, 9.17) is 0 Å². The first kappa shape index (κ1) is 9.61. The molecule has 1 saturated heterocycles. The topological polar surface area (TPSA) is 54.0 Å².